The van der Waals surface area contributed by atoms with Gasteiger partial charge >= 0.3 is 5.97 Å². The topological polar surface area (TPSA) is 46.5 Å². The predicted molar refractivity (Wildman–Crippen MR) is 98.0 cm³/mol. The molecule has 0 radical (unpaired) electrons. The zero-order valence-corrected chi connectivity index (χ0v) is 15.2. The van der Waals surface area contributed by atoms with Gasteiger partial charge in [-0.15, -0.1) is 0 Å². The van der Waals surface area contributed by atoms with Crippen molar-refractivity contribution in [1.29, 1.82) is 0 Å². The van der Waals surface area contributed by atoms with E-state index in [9.17, 15) is 4.79 Å². The summed E-state index contributed by atoms with van der Waals surface area (Å²) in [5.74, 6) is 0.739. The lowest BCUT2D eigenvalue weighted by Gasteiger charge is -2.27. The predicted octanol–water partition coefficient (Wildman–Crippen LogP) is 5.51. The van der Waals surface area contributed by atoms with Crippen LogP contribution in [0.4, 0.5) is 0 Å². The molecule has 0 aromatic rings. The smallest absolute Gasteiger partial charge is 0.303 e. The van der Waals surface area contributed by atoms with Gasteiger partial charge in [0.05, 0.1) is 12.2 Å². The standard InChI is InChI=1S/C21H34O3/c1-2-3-4-5-6-9-12-17-18(20-16-15-19(17)24-20)13-10-7-8-11-14-21(22)23/h2-3,7,10,17-20H,4-6,8-9,11-16H2,1H3,(H,22,23)/b3-2?,10-7+/t17-,18+,19-,20+/m1/s1. The summed E-state index contributed by atoms with van der Waals surface area (Å²) in [6.45, 7) is 2.09. The van der Waals surface area contributed by atoms with Crippen LogP contribution in [0.3, 0.4) is 0 Å². The highest BCUT2D eigenvalue weighted by Crippen LogP contribution is 2.47. The van der Waals surface area contributed by atoms with Crippen molar-refractivity contribution in [3.63, 3.8) is 0 Å². The highest BCUT2D eigenvalue weighted by Gasteiger charge is 2.47. The third kappa shape index (κ3) is 6.08. The Morgan fingerprint density at radius 2 is 1.75 bits per heavy atom. The molecule has 2 bridgehead atoms. The zero-order valence-electron chi connectivity index (χ0n) is 15.2. The van der Waals surface area contributed by atoms with Gasteiger partial charge in [0.1, 0.15) is 0 Å². The average molecular weight is 335 g/mol. The summed E-state index contributed by atoms with van der Waals surface area (Å²) >= 11 is 0. The number of hydrogen-bond donors (Lipinski definition) is 1. The molecular formula is C21H34O3. The molecule has 136 valence electrons. The van der Waals surface area contributed by atoms with E-state index in [-0.39, 0.29) is 6.42 Å². The second-order valence-electron chi connectivity index (χ2n) is 7.32. The fourth-order valence-electron chi connectivity index (χ4n) is 4.33. The molecule has 0 unspecified atom stereocenters. The van der Waals surface area contributed by atoms with E-state index in [1.54, 1.807) is 0 Å². The molecule has 0 aliphatic carbocycles. The van der Waals surface area contributed by atoms with Crippen LogP contribution in [0.15, 0.2) is 24.3 Å². The Hall–Kier alpha value is -1.09. The lowest BCUT2D eigenvalue weighted by Crippen LogP contribution is -2.26. The molecule has 2 saturated heterocycles. The number of ether oxygens (including phenoxy) is 1. The van der Waals surface area contributed by atoms with Crippen LogP contribution in [-0.2, 0) is 9.53 Å². The number of carboxylic acids is 1. The maximum atomic E-state index is 10.5. The van der Waals surface area contributed by atoms with Crippen molar-refractivity contribution in [2.45, 2.75) is 89.8 Å². The van der Waals surface area contributed by atoms with Gasteiger partial charge < -0.3 is 9.84 Å². The van der Waals surface area contributed by atoms with Crippen molar-refractivity contribution in [3.8, 4) is 0 Å². The summed E-state index contributed by atoms with van der Waals surface area (Å²) in [5, 5.41) is 8.65. The summed E-state index contributed by atoms with van der Waals surface area (Å²) in [4.78, 5) is 10.5. The van der Waals surface area contributed by atoms with Gasteiger partial charge in [-0.25, -0.2) is 0 Å². The van der Waals surface area contributed by atoms with E-state index in [1.807, 2.05) is 0 Å². The van der Waals surface area contributed by atoms with Crippen LogP contribution < -0.4 is 0 Å². The van der Waals surface area contributed by atoms with Crippen LogP contribution in [0.2, 0.25) is 0 Å². The lowest BCUT2D eigenvalue weighted by molar-refractivity contribution is -0.137. The fourth-order valence-corrected chi connectivity index (χ4v) is 4.33. The minimum absolute atomic E-state index is 0.275. The highest BCUT2D eigenvalue weighted by molar-refractivity contribution is 5.66. The van der Waals surface area contributed by atoms with Crippen LogP contribution in [0.1, 0.15) is 77.6 Å². The first-order valence-electron chi connectivity index (χ1n) is 9.85. The van der Waals surface area contributed by atoms with Gasteiger partial charge in [-0.2, -0.15) is 0 Å². The molecule has 1 N–H and O–H groups in total. The molecular weight excluding hydrogens is 300 g/mol. The number of rotatable bonds is 12. The molecule has 24 heavy (non-hydrogen) atoms. The Morgan fingerprint density at radius 3 is 2.50 bits per heavy atom. The SMILES string of the molecule is CC=CCCCCC[C@@H]1[C@H](C/C=C/CCCC(=O)O)[C@@H]2CC[C@H]1O2. The Bertz CT molecular complexity index is 427. The van der Waals surface area contributed by atoms with Crippen molar-refractivity contribution in [1.82, 2.24) is 0 Å². The minimum atomic E-state index is -0.695. The first-order valence-corrected chi connectivity index (χ1v) is 9.85. The number of fused-ring (bicyclic) bond motifs is 2. The van der Waals surface area contributed by atoms with E-state index in [0.29, 0.717) is 18.1 Å². The third-order valence-electron chi connectivity index (χ3n) is 5.57. The van der Waals surface area contributed by atoms with E-state index in [0.717, 1.165) is 25.2 Å². The number of unbranched alkanes of at least 4 members (excludes halogenated alkanes) is 4. The van der Waals surface area contributed by atoms with E-state index < -0.39 is 5.97 Å². The summed E-state index contributed by atoms with van der Waals surface area (Å²) in [7, 11) is 0. The number of carboxylic acid groups (broad SMARTS) is 1. The third-order valence-corrected chi connectivity index (χ3v) is 5.57. The molecule has 2 aliphatic rings. The van der Waals surface area contributed by atoms with Gasteiger partial charge in [0.25, 0.3) is 0 Å². The highest BCUT2D eigenvalue weighted by atomic mass is 16.5. The molecule has 0 amide bonds. The minimum Gasteiger partial charge on any atom is -0.481 e. The van der Waals surface area contributed by atoms with Crippen molar-refractivity contribution in [2.24, 2.45) is 11.8 Å². The molecule has 2 heterocycles. The van der Waals surface area contributed by atoms with Crippen molar-refractivity contribution < 1.29 is 14.6 Å². The Balaban J connectivity index is 1.67. The monoisotopic (exact) mass is 334 g/mol. The molecule has 0 saturated carbocycles. The quantitative estimate of drug-likeness (QED) is 0.378. The Kier molecular flexibility index (Phi) is 8.58. The molecule has 2 aliphatic heterocycles. The van der Waals surface area contributed by atoms with Crippen LogP contribution >= 0.6 is 0 Å². The van der Waals surface area contributed by atoms with E-state index in [4.69, 9.17) is 9.84 Å². The normalized spacial score (nSPS) is 29.2. The number of carbonyl (C=O) groups is 1. The number of hydrogen-bond acceptors (Lipinski definition) is 2. The Morgan fingerprint density at radius 1 is 1.00 bits per heavy atom. The van der Waals surface area contributed by atoms with Gasteiger partial charge in [0, 0.05) is 6.42 Å². The maximum Gasteiger partial charge on any atom is 0.303 e. The summed E-state index contributed by atoms with van der Waals surface area (Å²) in [6, 6.07) is 0. The van der Waals surface area contributed by atoms with Crippen LogP contribution in [-0.4, -0.2) is 23.3 Å². The van der Waals surface area contributed by atoms with Gasteiger partial charge in [0.2, 0.25) is 0 Å². The molecule has 0 aromatic carbocycles. The molecule has 0 aromatic heterocycles. The molecule has 3 heteroatoms. The van der Waals surface area contributed by atoms with Crippen molar-refractivity contribution in [3.05, 3.63) is 24.3 Å². The van der Waals surface area contributed by atoms with Crippen LogP contribution in [0.25, 0.3) is 0 Å². The molecule has 2 rings (SSSR count). The fraction of sp³-hybridized carbons (Fsp3) is 0.762. The first kappa shape index (κ1) is 19.2. The molecule has 0 spiro atoms. The van der Waals surface area contributed by atoms with Crippen molar-refractivity contribution >= 4 is 5.97 Å². The molecule has 3 nitrogen and oxygen atoms in total. The maximum absolute atomic E-state index is 10.5. The number of aliphatic carboxylic acids is 1. The van der Waals surface area contributed by atoms with Crippen LogP contribution in [0, 0.1) is 11.8 Å². The van der Waals surface area contributed by atoms with Gasteiger partial charge in [-0.1, -0.05) is 37.1 Å². The molecule has 4 atom stereocenters. The van der Waals surface area contributed by atoms with E-state index in [2.05, 4.69) is 31.2 Å². The van der Waals surface area contributed by atoms with Crippen LogP contribution in [0.5, 0.6) is 0 Å². The second-order valence-corrected chi connectivity index (χ2v) is 7.32. The largest absolute Gasteiger partial charge is 0.481 e. The molecule has 2 fully saturated rings. The second kappa shape index (κ2) is 10.7. The summed E-state index contributed by atoms with van der Waals surface area (Å²) in [5.41, 5.74) is 0. The zero-order chi connectivity index (χ0) is 17.2. The first-order chi connectivity index (χ1) is 11.7. The summed E-state index contributed by atoms with van der Waals surface area (Å²) in [6.07, 6.45) is 21.8. The average Bonchev–Trinajstić information content (AvgIpc) is 3.15. The summed E-state index contributed by atoms with van der Waals surface area (Å²) < 4.78 is 6.18. The van der Waals surface area contributed by atoms with Gasteiger partial charge in [-0.3, -0.25) is 4.79 Å². The lowest BCUT2D eigenvalue weighted by atomic mass is 9.75. The van der Waals surface area contributed by atoms with E-state index in [1.165, 1.54) is 44.9 Å². The van der Waals surface area contributed by atoms with Gasteiger partial charge in [-0.05, 0) is 70.1 Å². The van der Waals surface area contributed by atoms with E-state index >= 15 is 0 Å². The van der Waals surface area contributed by atoms with Gasteiger partial charge in [0.15, 0.2) is 0 Å². The van der Waals surface area contributed by atoms with Crippen molar-refractivity contribution in [2.75, 3.05) is 0 Å². The Labute approximate surface area is 147 Å². The number of allylic oxidation sites excluding steroid dienone is 4.